The van der Waals surface area contributed by atoms with Gasteiger partial charge in [0.2, 0.25) is 0 Å². The lowest BCUT2D eigenvalue weighted by Gasteiger charge is -2.23. The highest BCUT2D eigenvalue weighted by Gasteiger charge is 2.19. The summed E-state index contributed by atoms with van der Waals surface area (Å²) in [7, 11) is 0. The highest BCUT2D eigenvalue weighted by atomic mass is 16.6. The van der Waals surface area contributed by atoms with Gasteiger partial charge in [0.1, 0.15) is 5.60 Å². The molecule has 0 aromatic heterocycles. The summed E-state index contributed by atoms with van der Waals surface area (Å²) >= 11 is 0. The lowest BCUT2D eigenvalue weighted by atomic mass is 10.0. The highest BCUT2D eigenvalue weighted by Crippen LogP contribution is 2.10. The smallest absolute Gasteiger partial charge is 0.407 e. The molecule has 1 rings (SSSR count). The average molecular weight is 279 g/mol. The van der Waals surface area contributed by atoms with Crippen molar-refractivity contribution in [3.8, 4) is 0 Å². The Kier molecular flexibility index (Phi) is 6.52. The van der Waals surface area contributed by atoms with E-state index in [0.29, 0.717) is 6.42 Å². The van der Waals surface area contributed by atoms with Gasteiger partial charge in [-0.25, -0.2) is 4.79 Å². The van der Waals surface area contributed by atoms with Gasteiger partial charge in [0, 0.05) is 12.6 Å². The van der Waals surface area contributed by atoms with Gasteiger partial charge in [0.25, 0.3) is 0 Å². The summed E-state index contributed by atoms with van der Waals surface area (Å²) in [6.07, 6.45) is 1.72. The van der Waals surface area contributed by atoms with Gasteiger partial charge in [-0.15, -0.1) is 0 Å². The summed E-state index contributed by atoms with van der Waals surface area (Å²) in [5.74, 6) is 0. The lowest BCUT2D eigenvalue weighted by Crippen LogP contribution is -2.40. The van der Waals surface area contributed by atoms with Crippen LogP contribution in [0.5, 0.6) is 0 Å². The van der Waals surface area contributed by atoms with Gasteiger partial charge in [-0.05, 0) is 45.6 Å². The quantitative estimate of drug-likeness (QED) is 0.841. The third-order valence-electron chi connectivity index (χ3n) is 2.76. The van der Waals surface area contributed by atoms with Crippen molar-refractivity contribution in [2.75, 3.05) is 6.61 Å². The first kappa shape index (κ1) is 16.5. The molecular formula is C16H25NO3. The van der Waals surface area contributed by atoms with E-state index in [0.717, 1.165) is 18.4 Å². The Balaban J connectivity index is 2.57. The standard InChI is InChI=1S/C16H25NO3/c1-16(2,3)20-15(19)17-14(10-7-11-18)12-13-8-5-4-6-9-13/h4-6,8-9,14,18H,7,10-12H2,1-3H3,(H,17,19). The summed E-state index contributed by atoms with van der Waals surface area (Å²) in [6.45, 7) is 5.65. The maximum Gasteiger partial charge on any atom is 0.407 e. The number of hydrogen-bond donors (Lipinski definition) is 2. The molecule has 0 aliphatic heterocycles. The van der Waals surface area contributed by atoms with E-state index in [-0.39, 0.29) is 12.6 Å². The molecule has 1 aromatic rings. The number of amides is 1. The van der Waals surface area contributed by atoms with Gasteiger partial charge >= 0.3 is 6.09 Å². The number of alkyl carbamates (subject to hydrolysis) is 1. The molecule has 0 fully saturated rings. The predicted octanol–water partition coefficient (Wildman–Crippen LogP) is 2.89. The van der Waals surface area contributed by atoms with Crippen LogP contribution in [0.2, 0.25) is 0 Å². The third-order valence-corrected chi connectivity index (χ3v) is 2.76. The first-order chi connectivity index (χ1) is 9.40. The van der Waals surface area contributed by atoms with Gasteiger partial charge in [0.05, 0.1) is 0 Å². The number of carbonyl (C=O) groups is 1. The minimum Gasteiger partial charge on any atom is -0.444 e. The second-order valence-electron chi connectivity index (χ2n) is 5.90. The van der Waals surface area contributed by atoms with Gasteiger partial charge < -0.3 is 15.2 Å². The molecule has 112 valence electrons. The molecule has 1 amide bonds. The zero-order valence-electron chi connectivity index (χ0n) is 12.6. The number of aliphatic hydroxyl groups is 1. The Morgan fingerprint density at radius 2 is 1.95 bits per heavy atom. The van der Waals surface area contributed by atoms with Crippen LogP contribution < -0.4 is 5.32 Å². The van der Waals surface area contributed by atoms with Crippen LogP contribution in [0.15, 0.2) is 30.3 Å². The third kappa shape index (κ3) is 7.14. The van der Waals surface area contributed by atoms with Crippen LogP contribution >= 0.6 is 0 Å². The van der Waals surface area contributed by atoms with Crippen LogP contribution in [-0.2, 0) is 11.2 Å². The number of aliphatic hydroxyl groups excluding tert-OH is 1. The molecule has 1 atom stereocenters. The second-order valence-corrected chi connectivity index (χ2v) is 5.90. The van der Waals surface area contributed by atoms with E-state index in [9.17, 15) is 4.79 Å². The van der Waals surface area contributed by atoms with Crippen molar-refractivity contribution < 1.29 is 14.6 Å². The van der Waals surface area contributed by atoms with E-state index in [4.69, 9.17) is 9.84 Å². The van der Waals surface area contributed by atoms with Crippen LogP contribution in [0.4, 0.5) is 4.79 Å². The normalized spacial score (nSPS) is 12.8. The van der Waals surface area contributed by atoms with Crippen LogP contribution in [-0.4, -0.2) is 29.4 Å². The van der Waals surface area contributed by atoms with Crippen molar-refractivity contribution >= 4 is 6.09 Å². The fourth-order valence-electron chi connectivity index (χ4n) is 1.94. The molecule has 2 N–H and O–H groups in total. The van der Waals surface area contributed by atoms with E-state index in [2.05, 4.69) is 5.32 Å². The number of hydrogen-bond acceptors (Lipinski definition) is 3. The molecule has 1 unspecified atom stereocenters. The Hall–Kier alpha value is -1.55. The second kappa shape index (κ2) is 7.90. The SMILES string of the molecule is CC(C)(C)OC(=O)NC(CCCO)Cc1ccccc1. The van der Waals surface area contributed by atoms with Crippen molar-refractivity contribution in [3.63, 3.8) is 0 Å². The largest absolute Gasteiger partial charge is 0.444 e. The summed E-state index contributed by atoms with van der Waals surface area (Å²) in [4.78, 5) is 11.8. The Labute approximate surface area is 121 Å². The molecule has 1 aromatic carbocycles. The first-order valence-corrected chi connectivity index (χ1v) is 7.05. The van der Waals surface area contributed by atoms with Gasteiger partial charge in [0.15, 0.2) is 0 Å². The van der Waals surface area contributed by atoms with Gasteiger partial charge in [-0.3, -0.25) is 0 Å². The Morgan fingerprint density at radius 1 is 1.30 bits per heavy atom. The first-order valence-electron chi connectivity index (χ1n) is 7.05. The van der Waals surface area contributed by atoms with Crippen molar-refractivity contribution in [2.24, 2.45) is 0 Å². The minimum atomic E-state index is -0.502. The van der Waals surface area contributed by atoms with E-state index in [1.54, 1.807) is 0 Å². The fourth-order valence-corrected chi connectivity index (χ4v) is 1.94. The van der Waals surface area contributed by atoms with Crippen LogP contribution in [0, 0.1) is 0 Å². The van der Waals surface area contributed by atoms with Gasteiger partial charge in [-0.1, -0.05) is 30.3 Å². The van der Waals surface area contributed by atoms with Gasteiger partial charge in [-0.2, -0.15) is 0 Å². The topological polar surface area (TPSA) is 58.6 Å². The number of rotatable bonds is 6. The van der Waals surface area contributed by atoms with Crippen LogP contribution in [0.3, 0.4) is 0 Å². The maximum absolute atomic E-state index is 11.8. The monoisotopic (exact) mass is 279 g/mol. The summed E-state index contributed by atoms with van der Waals surface area (Å²) in [5.41, 5.74) is 0.657. The zero-order chi connectivity index (χ0) is 15.0. The van der Waals surface area contributed by atoms with E-state index in [1.807, 2.05) is 51.1 Å². The molecule has 0 saturated heterocycles. The number of ether oxygens (including phenoxy) is 1. The number of benzene rings is 1. The lowest BCUT2D eigenvalue weighted by molar-refractivity contribution is 0.0499. The molecule has 0 radical (unpaired) electrons. The number of nitrogens with one attached hydrogen (secondary N) is 1. The molecule has 0 bridgehead atoms. The van der Waals surface area contributed by atoms with Crippen molar-refractivity contribution in [1.82, 2.24) is 5.32 Å². The molecule has 20 heavy (non-hydrogen) atoms. The maximum atomic E-state index is 11.8. The average Bonchev–Trinajstić information content (AvgIpc) is 2.35. The Bertz CT molecular complexity index is 398. The predicted molar refractivity (Wildman–Crippen MR) is 79.6 cm³/mol. The summed E-state index contributed by atoms with van der Waals surface area (Å²) in [6, 6.07) is 9.95. The molecule has 4 nitrogen and oxygen atoms in total. The van der Waals surface area contributed by atoms with Crippen molar-refractivity contribution in [1.29, 1.82) is 0 Å². The van der Waals surface area contributed by atoms with Crippen molar-refractivity contribution in [2.45, 2.75) is 51.7 Å². The minimum absolute atomic E-state index is 0.0283. The zero-order valence-corrected chi connectivity index (χ0v) is 12.6. The molecule has 0 spiro atoms. The van der Waals surface area contributed by atoms with E-state index < -0.39 is 11.7 Å². The summed E-state index contributed by atoms with van der Waals surface area (Å²) < 4.78 is 5.27. The van der Waals surface area contributed by atoms with E-state index >= 15 is 0 Å². The molecule has 0 saturated carbocycles. The molecular weight excluding hydrogens is 254 g/mol. The molecule has 4 heteroatoms. The van der Waals surface area contributed by atoms with Crippen molar-refractivity contribution in [3.05, 3.63) is 35.9 Å². The molecule has 0 aliphatic carbocycles. The molecule has 0 aliphatic rings. The Morgan fingerprint density at radius 3 is 2.50 bits per heavy atom. The highest BCUT2D eigenvalue weighted by molar-refractivity contribution is 5.68. The van der Waals surface area contributed by atoms with Crippen LogP contribution in [0.25, 0.3) is 0 Å². The number of carbonyl (C=O) groups excluding carboxylic acids is 1. The molecule has 0 heterocycles. The van der Waals surface area contributed by atoms with Crippen LogP contribution in [0.1, 0.15) is 39.2 Å². The summed E-state index contributed by atoms with van der Waals surface area (Å²) in [5, 5.41) is 11.8. The fraction of sp³-hybridized carbons (Fsp3) is 0.562. The van der Waals surface area contributed by atoms with E-state index in [1.165, 1.54) is 0 Å².